The Hall–Kier alpha value is -5.72. The van der Waals surface area contributed by atoms with E-state index in [1.807, 2.05) is 101 Å². The van der Waals surface area contributed by atoms with Crippen LogP contribution in [0.1, 0.15) is 341 Å². The van der Waals surface area contributed by atoms with Crippen LogP contribution >= 0.6 is 0 Å². The third kappa shape index (κ3) is 28.1. The molecule has 0 radical (unpaired) electrons. The Morgan fingerprint density at radius 2 is 0.771 bits per heavy atom. The molecule has 5 aliphatic heterocycles. The molecule has 0 bridgehead atoms. The van der Waals surface area contributed by atoms with Crippen molar-refractivity contribution in [3.8, 4) is 23.1 Å². The van der Waals surface area contributed by atoms with Crippen molar-refractivity contribution in [2.24, 2.45) is 88.8 Å². The first-order valence-corrected chi connectivity index (χ1v) is 51.3. The Kier molecular flexibility index (Phi) is 42.7. The van der Waals surface area contributed by atoms with Crippen LogP contribution in [-0.4, -0.2) is 192 Å². The number of aromatic amines is 1. The second kappa shape index (κ2) is 52.2. The molecule has 9 N–H and O–H groups in total. The van der Waals surface area contributed by atoms with Gasteiger partial charge in [0.25, 0.3) is 6.47 Å². The monoisotopic (exact) mass is 1830 g/mol. The third-order valence-electron chi connectivity index (χ3n) is 33.4. The number of hydrogen-bond acceptors (Lipinski definition) is 19. The molecule has 722 valence electrons. The van der Waals surface area contributed by atoms with Gasteiger partial charge in [0.15, 0.2) is 0 Å². The maximum absolute atomic E-state index is 13.0. The van der Waals surface area contributed by atoms with Gasteiger partial charge < -0.3 is 65.5 Å². The number of para-hydroxylation sites is 1. The number of carboxylic acid groups (broad SMARTS) is 4. The van der Waals surface area contributed by atoms with E-state index in [1.165, 1.54) is 282 Å². The second-order valence-electron chi connectivity index (χ2n) is 43.3. The molecule has 3 aromatic rings. The first-order valence-electron chi connectivity index (χ1n) is 51.3. The average Bonchev–Trinajstić information content (AvgIpc) is 1.60. The molecule has 18 rings (SSSR count). The van der Waals surface area contributed by atoms with Gasteiger partial charge in [-0.1, -0.05) is 273 Å². The van der Waals surface area contributed by atoms with Gasteiger partial charge in [-0.25, -0.2) is 4.79 Å². The number of aliphatic hydroxyl groups is 1. The van der Waals surface area contributed by atoms with Gasteiger partial charge >= 0.3 is 101 Å². The van der Waals surface area contributed by atoms with Gasteiger partial charge in [0.05, 0.1) is 0 Å². The van der Waals surface area contributed by atoms with E-state index in [-0.39, 0.29) is 101 Å². The van der Waals surface area contributed by atoms with Crippen molar-refractivity contribution < 1.29 is 118 Å². The van der Waals surface area contributed by atoms with Crippen molar-refractivity contribution >= 4 is 67.4 Å². The van der Waals surface area contributed by atoms with Crippen LogP contribution in [0.5, 0.6) is 0 Å². The van der Waals surface area contributed by atoms with Crippen LogP contribution in [0, 0.1) is 101 Å². The largest absolute Gasteiger partial charge is 1.00 e. The van der Waals surface area contributed by atoms with Gasteiger partial charge in [0.2, 0.25) is 0 Å². The summed E-state index contributed by atoms with van der Waals surface area (Å²) < 4.78 is 20.7. The number of benzene rings is 2. The van der Waals surface area contributed by atoms with Crippen molar-refractivity contribution in [1.82, 2.24) is 30.2 Å². The minimum atomic E-state index is -0.940. The van der Waals surface area contributed by atoms with Gasteiger partial charge in [-0.2, -0.15) is 0 Å². The molecule has 5 saturated heterocycles. The van der Waals surface area contributed by atoms with Gasteiger partial charge in [0.1, 0.15) is 47.1 Å². The third-order valence-corrected chi connectivity index (χ3v) is 33.4. The van der Waals surface area contributed by atoms with Crippen LogP contribution in [0.2, 0.25) is 6.82 Å². The number of H-pyrrole nitrogens is 1. The zero-order valence-electron chi connectivity index (χ0n) is 81.1. The Labute approximate surface area is 805 Å². The number of likely N-dealkylation sites (tertiary alicyclic amines) is 2. The van der Waals surface area contributed by atoms with Crippen molar-refractivity contribution in [2.45, 2.75) is 409 Å². The summed E-state index contributed by atoms with van der Waals surface area (Å²) >= 11 is 0. The fraction of sp³-hybridized carbons (Fsp3) is 0.779. The van der Waals surface area contributed by atoms with Crippen molar-refractivity contribution in [2.75, 3.05) is 14.1 Å². The first-order chi connectivity index (χ1) is 62.5. The van der Waals surface area contributed by atoms with E-state index < -0.39 is 37.0 Å². The Balaban J connectivity index is 0.000000160. The fourth-order valence-corrected chi connectivity index (χ4v) is 28.6. The molecular weight excluding hydrogens is 1670 g/mol. The first kappa shape index (κ1) is 107. The number of aliphatic hydroxyl groups excluding tert-OH is 1. The molecule has 15 fully saturated rings. The summed E-state index contributed by atoms with van der Waals surface area (Å²) in [6, 6.07) is 18.6. The molecule has 10 aliphatic carbocycles. The average molecular weight is 1830 g/mol. The van der Waals surface area contributed by atoms with Gasteiger partial charge in [0, 0.05) is 46.7 Å². The SMILES string of the molecule is CB(O)N1C2CCCCC2[C@H](C2CCCCC2)[C@H]1C(=O)O.CN1C2CCCCC2C(C2CCCCC2)C1C(=O)OC(C)(C)C.CN1C2CCCCC2[C@H](C2CCCCC2)[C@H]1C(=O)OC(C)(C)C.O=BC#CO.O=C(O)C1NC2CCCCC2C1C1CCCCC1.O=C(O)[C@H]1NC2CCCCC2[C@@H]1C1CCCCC1.O=C(O)c1[nH]c2ccccc2c1-c1ccccc1.O=CO[O-].[Na+]. The summed E-state index contributed by atoms with van der Waals surface area (Å²) in [4.78, 5) is 93.3. The van der Waals surface area contributed by atoms with E-state index in [9.17, 15) is 54.2 Å². The second-order valence-corrected chi connectivity index (χ2v) is 43.3. The number of aliphatic carboxylic acids is 3. The van der Waals surface area contributed by atoms with Crippen LogP contribution in [0.3, 0.4) is 0 Å². The zero-order valence-corrected chi connectivity index (χ0v) is 83.1. The number of esters is 2. The normalized spacial score (nSPS) is 32.2. The summed E-state index contributed by atoms with van der Waals surface area (Å²) in [5, 5.41) is 72.0. The van der Waals surface area contributed by atoms with E-state index >= 15 is 0 Å². The summed E-state index contributed by atoms with van der Waals surface area (Å²) in [6.45, 7) is 13.5. The van der Waals surface area contributed by atoms with Crippen LogP contribution in [0.25, 0.3) is 22.0 Å². The molecule has 10 saturated carbocycles. The molecule has 1 aromatic heterocycles. The van der Waals surface area contributed by atoms with Crippen LogP contribution in [-0.2, 0) is 47.8 Å². The standard InChI is InChI=1S/2C20H35NO2.C16H28BNO3.2C15H25NO2.C15H11NO2.C2HBO2.CH2O3.Na/c2*1-20(2,3)23-19(22)18-17(14-10-6-5-7-11-14)15-12-8-9-13-16(15)21(18)4;1-17(21)18-13-10-6-5-9-12(13)14(15(18)16(19)20)11-7-3-2-4-8-11;3*17-15(18)14-13(10-6-2-1-3-7-10)11-8-4-5-9-12(11)16-14;4-2-1-3-5;2-1-4-3;/h2*14-18H,5-13H2,1-4H3;11-15,21H,2-10H2,1H3,(H,19,20);2*10-14,16H,1-9H2,(H,17,18);1-9,16H,(H,17,18);4H;1,3H;/q;;;;;;;;+1/p-1/t15?,16?,17-,18-;;12?,13?,14-,15-;11?,12?,13-,14-;;;;;/m0.00...../s1. The molecular formula is C104H161B2N6NaO18. The number of aromatic carboxylic acids is 1. The van der Waals surface area contributed by atoms with E-state index in [0.717, 1.165) is 58.5 Å². The predicted octanol–water partition coefficient (Wildman–Crippen LogP) is 15.3. The number of carbonyl (C=O) groups is 7. The van der Waals surface area contributed by atoms with Crippen LogP contribution in [0.4, 0.5) is 0 Å². The van der Waals surface area contributed by atoms with E-state index in [2.05, 4.69) is 44.4 Å². The Morgan fingerprint density at radius 1 is 0.450 bits per heavy atom. The predicted molar refractivity (Wildman–Crippen MR) is 504 cm³/mol. The molecule has 131 heavy (non-hydrogen) atoms. The van der Waals surface area contributed by atoms with Crippen molar-refractivity contribution in [3.05, 3.63) is 60.3 Å². The molecule has 2 aromatic carbocycles. The summed E-state index contributed by atoms with van der Waals surface area (Å²) in [5.74, 6) is 7.60. The van der Waals surface area contributed by atoms with Gasteiger partial charge in [-0.3, -0.25) is 38.6 Å². The maximum Gasteiger partial charge on any atom is 1.00 e. The minimum absolute atomic E-state index is 0. The molecule has 6 heterocycles. The van der Waals surface area contributed by atoms with E-state index in [1.54, 1.807) is 12.6 Å². The summed E-state index contributed by atoms with van der Waals surface area (Å²) in [7, 11) is 4.03. The zero-order chi connectivity index (χ0) is 93.3. The van der Waals surface area contributed by atoms with Crippen LogP contribution in [0.15, 0.2) is 54.6 Å². The van der Waals surface area contributed by atoms with E-state index in [4.69, 9.17) is 29.3 Å². The summed E-state index contributed by atoms with van der Waals surface area (Å²) in [6.07, 6.45) is 59.2. The number of carbonyl (C=O) groups excluding carboxylic acids is 3. The molecule has 14 unspecified atom stereocenters. The quantitative estimate of drug-likeness (QED) is 0.0181. The summed E-state index contributed by atoms with van der Waals surface area (Å²) in [5.41, 5.74) is 1.97. The Morgan fingerprint density at radius 3 is 1.10 bits per heavy atom. The van der Waals surface area contributed by atoms with Crippen molar-refractivity contribution in [1.29, 1.82) is 0 Å². The molecule has 27 heteroatoms. The van der Waals surface area contributed by atoms with Crippen molar-refractivity contribution in [3.63, 3.8) is 0 Å². The molecule has 20 atom stereocenters. The number of ether oxygens (including phenoxy) is 2. The number of aromatic nitrogens is 1. The molecule has 0 spiro atoms. The number of hydrogen-bond donors (Lipinski definition) is 9. The number of nitrogens with one attached hydrogen (secondary N) is 3. The number of likely N-dealkylation sites (N-methyl/N-ethyl adjacent to an activating group) is 2. The number of carboxylic acids is 4. The van der Waals surface area contributed by atoms with Gasteiger partial charge in [-0.15, -0.1) is 0 Å². The maximum atomic E-state index is 13.0. The van der Waals surface area contributed by atoms with E-state index in [0.29, 0.717) is 90.5 Å². The van der Waals surface area contributed by atoms with Gasteiger partial charge in [-0.05, 0) is 227 Å². The topological polar surface area (TPSA) is 358 Å². The molecule has 24 nitrogen and oxygen atoms in total. The Bertz CT molecular complexity index is 3960. The molecule has 15 aliphatic rings. The number of fused-ring (bicyclic) bond motifs is 6. The molecule has 0 amide bonds. The minimum Gasteiger partial charge on any atom is -0.662 e. The van der Waals surface area contributed by atoms with Crippen LogP contribution < -0.4 is 45.4 Å². The smallest absolute Gasteiger partial charge is 0.662 e. The number of rotatable bonds is 14. The fourth-order valence-electron chi connectivity index (χ4n) is 28.6. The number of nitrogens with zero attached hydrogens (tertiary/aromatic N) is 3.